The Morgan fingerprint density at radius 1 is 0.933 bits per heavy atom. The molecule has 3 aliphatic rings. The number of nitrogens with zero attached hydrogens (tertiary/aromatic N) is 2. The van der Waals surface area contributed by atoms with E-state index in [9.17, 15) is 0 Å². The van der Waals surface area contributed by atoms with Crippen LogP contribution in [0.3, 0.4) is 0 Å². The normalized spacial score (nSPS) is 31.8. The van der Waals surface area contributed by atoms with E-state index < -0.39 is 0 Å². The number of hydrogen-bond donors (Lipinski definition) is 0. The molecule has 0 aromatic rings. The highest BCUT2D eigenvalue weighted by molar-refractivity contribution is 4.84. The number of unbranched alkanes of at least 4 members (excludes halogenated alkanes) is 3. The fourth-order valence-electron chi connectivity index (χ4n) is 3.00. The molecule has 3 saturated heterocycles. The summed E-state index contributed by atoms with van der Waals surface area (Å²) in [5.41, 5.74) is 0. The molecule has 0 aliphatic carbocycles. The molecule has 0 radical (unpaired) electrons. The van der Waals surface area contributed by atoms with Crippen LogP contribution in [0.2, 0.25) is 0 Å². The summed E-state index contributed by atoms with van der Waals surface area (Å²) in [6, 6.07) is 0.922. The highest BCUT2D eigenvalue weighted by atomic mass is 15.3. The average Bonchev–Trinajstić information content (AvgIpc) is 2.58. The van der Waals surface area contributed by atoms with Gasteiger partial charge in [-0.25, -0.2) is 0 Å². The van der Waals surface area contributed by atoms with Crippen molar-refractivity contribution < 1.29 is 0 Å². The Labute approximate surface area is 94.6 Å². The van der Waals surface area contributed by atoms with Crippen molar-refractivity contribution in [2.45, 2.75) is 51.5 Å². The molecule has 0 aromatic heterocycles. The van der Waals surface area contributed by atoms with Gasteiger partial charge >= 0.3 is 0 Å². The fraction of sp³-hybridized carbons (Fsp3) is 1.00. The maximum atomic E-state index is 2.77. The van der Waals surface area contributed by atoms with Gasteiger partial charge in [-0.1, -0.05) is 26.2 Å². The van der Waals surface area contributed by atoms with Crippen LogP contribution in [-0.4, -0.2) is 48.6 Å². The number of hydrogen-bond acceptors (Lipinski definition) is 2. The highest BCUT2D eigenvalue weighted by Gasteiger charge is 2.28. The lowest BCUT2D eigenvalue weighted by molar-refractivity contribution is 0.180. The maximum Gasteiger partial charge on any atom is 0.0120 e. The van der Waals surface area contributed by atoms with Gasteiger partial charge < -0.3 is 4.90 Å². The monoisotopic (exact) mass is 210 g/mol. The summed E-state index contributed by atoms with van der Waals surface area (Å²) < 4.78 is 0. The molecule has 0 saturated carbocycles. The van der Waals surface area contributed by atoms with E-state index in [-0.39, 0.29) is 0 Å². The van der Waals surface area contributed by atoms with E-state index in [4.69, 9.17) is 0 Å². The largest absolute Gasteiger partial charge is 0.302 e. The third-order valence-corrected chi connectivity index (χ3v) is 4.08. The van der Waals surface area contributed by atoms with E-state index in [0.717, 1.165) is 6.04 Å². The minimum absolute atomic E-state index is 0.922. The summed E-state index contributed by atoms with van der Waals surface area (Å²) in [5.74, 6) is 0. The Hall–Kier alpha value is -0.0800. The van der Waals surface area contributed by atoms with Crippen LogP contribution < -0.4 is 0 Å². The van der Waals surface area contributed by atoms with E-state index in [1.807, 2.05) is 0 Å². The van der Waals surface area contributed by atoms with Crippen molar-refractivity contribution in [3.05, 3.63) is 0 Å². The molecule has 3 heterocycles. The molecule has 0 atom stereocenters. The summed E-state index contributed by atoms with van der Waals surface area (Å²) in [7, 11) is 0. The second-order valence-corrected chi connectivity index (χ2v) is 5.17. The summed E-state index contributed by atoms with van der Waals surface area (Å²) in [5, 5.41) is 0. The molecule has 2 nitrogen and oxygen atoms in total. The summed E-state index contributed by atoms with van der Waals surface area (Å²) in [6.45, 7) is 9.02. The molecular formula is C13H26N2. The third-order valence-electron chi connectivity index (χ3n) is 4.08. The molecule has 0 unspecified atom stereocenters. The molecular weight excluding hydrogens is 184 g/mol. The Bertz CT molecular complexity index is 173. The highest BCUT2D eigenvalue weighted by Crippen LogP contribution is 2.21. The van der Waals surface area contributed by atoms with Crippen molar-refractivity contribution in [2.75, 3.05) is 32.7 Å². The van der Waals surface area contributed by atoms with Crippen molar-refractivity contribution in [1.29, 1.82) is 0 Å². The zero-order valence-electron chi connectivity index (χ0n) is 10.2. The molecule has 3 rings (SSSR count). The molecule has 0 amide bonds. The summed E-state index contributed by atoms with van der Waals surface area (Å²) in [4.78, 5) is 5.41. The second kappa shape index (κ2) is 5.86. The second-order valence-electron chi connectivity index (χ2n) is 5.17. The van der Waals surface area contributed by atoms with Crippen LogP contribution >= 0.6 is 0 Å². The quantitative estimate of drug-likeness (QED) is 0.643. The van der Waals surface area contributed by atoms with Crippen LogP contribution in [0, 0.1) is 0 Å². The van der Waals surface area contributed by atoms with Crippen molar-refractivity contribution in [3.8, 4) is 0 Å². The van der Waals surface area contributed by atoms with E-state index in [2.05, 4.69) is 16.7 Å². The van der Waals surface area contributed by atoms with Crippen LogP contribution in [0.4, 0.5) is 0 Å². The average molecular weight is 210 g/mol. The van der Waals surface area contributed by atoms with Gasteiger partial charge in [0.2, 0.25) is 0 Å². The van der Waals surface area contributed by atoms with Crippen LogP contribution in [0.1, 0.15) is 45.4 Å². The van der Waals surface area contributed by atoms with Gasteiger partial charge in [0.05, 0.1) is 0 Å². The molecule has 2 bridgehead atoms. The van der Waals surface area contributed by atoms with Crippen molar-refractivity contribution in [2.24, 2.45) is 0 Å². The van der Waals surface area contributed by atoms with Crippen molar-refractivity contribution >= 4 is 0 Å². The van der Waals surface area contributed by atoms with Gasteiger partial charge in [-0.2, -0.15) is 0 Å². The van der Waals surface area contributed by atoms with Gasteiger partial charge in [-0.05, 0) is 38.9 Å². The molecule has 3 aliphatic heterocycles. The molecule has 15 heavy (non-hydrogen) atoms. The topological polar surface area (TPSA) is 6.48 Å². The first kappa shape index (κ1) is 11.4. The van der Waals surface area contributed by atoms with Gasteiger partial charge in [0.1, 0.15) is 0 Å². The standard InChI is InChI=1S/C13H26N2/c1-2-3-4-5-8-15-12-11-14-9-6-13(15)7-10-14/h13H,2-12H2,1H3. The van der Waals surface area contributed by atoms with Gasteiger partial charge in [0.25, 0.3) is 0 Å². The van der Waals surface area contributed by atoms with Crippen LogP contribution in [0.25, 0.3) is 0 Å². The van der Waals surface area contributed by atoms with E-state index in [1.165, 1.54) is 71.2 Å². The van der Waals surface area contributed by atoms with E-state index in [1.54, 1.807) is 0 Å². The number of fused-ring (bicyclic) bond motifs is 4. The lowest BCUT2D eigenvalue weighted by atomic mass is 10.0. The fourth-order valence-corrected chi connectivity index (χ4v) is 3.00. The zero-order valence-corrected chi connectivity index (χ0v) is 10.2. The Morgan fingerprint density at radius 3 is 2.47 bits per heavy atom. The number of rotatable bonds is 5. The van der Waals surface area contributed by atoms with Crippen LogP contribution in [0.5, 0.6) is 0 Å². The molecule has 0 spiro atoms. The molecule has 88 valence electrons. The maximum absolute atomic E-state index is 2.77. The zero-order chi connectivity index (χ0) is 10.5. The molecule has 3 fully saturated rings. The first-order valence-corrected chi connectivity index (χ1v) is 6.86. The Balaban J connectivity index is 1.71. The van der Waals surface area contributed by atoms with Crippen molar-refractivity contribution in [1.82, 2.24) is 9.80 Å². The van der Waals surface area contributed by atoms with Crippen LogP contribution in [-0.2, 0) is 0 Å². The lowest BCUT2D eigenvalue weighted by Crippen LogP contribution is -2.38. The summed E-state index contributed by atoms with van der Waals surface area (Å²) >= 11 is 0. The van der Waals surface area contributed by atoms with E-state index in [0.29, 0.717) is 0 Å². The smallest absolute Gasteiger partial charge is 0.0120 e. The van der Waals surface area contributed by atoms with Gasteiger partial charge in [0.15, 0.2) is 0 Å². The van der Waals surface area contributed by atoms with Gasteiger partial charge in [-0.3, -0.25) is 4.90 Å². The predicted molar refractivity (Wildman–Crippen MR) is 65.2 cm³/mol. The third kappa shape index (κ3) is 3.18. The molecule has 0 N–H and O–H groups in total. The Kier molecular flexibility index (Phi) is 4.45. The molecule has 2 heteroatoms. The van der Waals surface area contributed by atoms with Gasteiger partial charge in [-0.15, -0.1) is 0 Å². The SMILES string of the molecule is CCCCCCN1CCN2CCC1CC2. The van der Waals surface area contributed by atoms with Crippen molar-refractivity contribution in [3.63, 3.8) is 0 Å². The molecule has 0 aromatic carbocycles. The Morgan fingerprint density at radius 2 is 1.73 bits per heavy atom. The number of piperidine rings is 1. The van der Waals surface area contributed by atoms with E-state index >= 15 is 0 Å². The predicted octanol–water partition coefficient (Wildman–Crippen LogP) is 2.35. The minimum atomic E-state index is 0.922. The first-order valence-electron chi connectivity index (χ1n) is 6.86. The van der Waals surface area contributed by atoms with Gasteiger partial charge in [0, 0.05) is 19.1 Å². The first-order chi connectivity index (χ1) is 7.40. The summed E-state index contributed by atoms with van der Waals surface area (Å²) in [6.07, 6.45) is 8.48. The minimum Gasteiger partial charge on any atom is -0.302 e. The lowest BCUT2D eigenvalue weighted by Gasteiger charge is -2.31. The van der Waals surface area contributed by atoms with Crippen LogP contribution in [0.15, 0.2) is 0 Å².